The van der Waals surface area contributed by atoms with Crippen LogP contribution in [0.5, 0.6) is 0 Å². The van der Waals surface area contributed by atoms with Crippen LogP contribution in [0, 0.1) is 6.92 Å². The highest BCUT2D eigenvalue weighted by molar-refractivity contribution is 5.19. The van der Waals surface area contributed by atoms with Crippen LogP contribution in [0.2, 0.25) is 0 Å². The Hall–Kier alpha value is -0.960. The van der Waals surface area contributed by atoms with Gasteiger partial charge in [0.05, 0.1) is 29.4 Å². The summed E-state index contributed by atoms with van der Waals surface area (Å²) in [5, 5.41) is 9.06. The third-order valence-corrected chi connectivity index (χ3v) is 2.14. The lowest BCUT2D eigenvalue weighted by Gasteiger charge is -2.08. The van der Waals surface area contributed by atoms with Gasteiger partial charge in [-0.25, -0.2) is 0 Å². The zero-order valence-corrected chi connectivity index (χ0v) is 8.46. The van der Waals surface area contributed by atoms with Gasteiger partial charge in [-0.1, -0.05) is 13.8 Å². The first-order valence-electron chi connectivity index (χ1n) is 4.69. The number of aryl methyl sites for hydroxylation is 3. The molecule has 0 unspecified atom stereocenters. The van der Waals surface area contributed by atoms with Crippen LogP contribution < -0.4 is 0 Å². The zero-order chi connectivity index (χ0) is 9.84. The normalized spacial score (nSPS) is 10.5. The molecule has 0 aliphatic carbocycles. The SMILES string of the molecule is CCc1nc(CO)c(CC)nc1C. The molecule has 3 heteroatoms. The second-order valence-electron chi connectivity index (χ2n) is 3.01. The van der Waals surface area contributed by atoms with Gasteiger partial charge in [-0.3, -0.25) is 9.97 Å². The summed E-state index contributed by atoms with van der Waals surface area (Å²) in [5.74, 6) is 0. The fraction of sp³-hybridized carbons (Fsp3) is 0.600. The van der Waals surface area contributed by atoms with Crippen molar-refractivity contribution in [3.63, 3.8) is 0 Å². The molecular formula is C10H16N2O. The van der Waals surface area contributed by atoms with Crippen molar-refractivity contribution < 1.29 is 5.11 Å². The molecule has 1 heterocycles. The third-order valence-electron chi connectivity index (χ3n) is 2.14. The topological polar surface area (TPSA) is 46.0 Å². The van der Waals surface area contributed by atoms with E-state index in [4.69, 9.17) is 5.11 Å². The largest absolute Gasteiger partial charge is 0.390 e. The Morgan fingerprint density at radius 3 is 2.08 bits per heavy atom. The van der Waals surface area contributed by atoms with Crippen LogP contribution in [-0.4, -0.2) is 15.1 Å². The molecular weight excluding hydrogens is 164 g/mol. The molecule has 13 heavy (non-hydrogen) atoms. The highest BCUT2D eigenvalue weighted by Gasteiger charge is 2.07. The summed E-state index contributed by atoms with van der Waals surface area (Å²) < 4.78 is 0. The van der Waals surface area contributed by atoms with Crippen molar-refractivity contribution in [3.8, 4) is 0 Å². The molecule has 3 nitrogen and oxygen atoms in total. The van der Waals surface area contributed by atoms with E-state index in [0.717, 1.165) is 35.6 Å². The van der Waals surface area contributed by atoms with E-state index < -0.39 is 0 Å². The van der Waals surface area contributed by atoms with E-state index in [1.54, 1.807) is 0 Å². The van der Waals surface area contributed by atoms with Gasteiger partial charge in [-0.05, 0) is 19.8 Å². The monoisotopic (exact) mass is 180 g/mol. The zero-order valence-electron chi connectivity index (χ0n) is 8.46. The molecule has 1 aromatic heterocycles. The quantitative estimate of drug-likeness (QED) is 0.764. The van der Waals surface area contributed by atoms with Crippen molar-refractivity contribution in [2.75, 3.05) is 0 Å². The summed E-state index contributed by atoms with van der Waals surface area (Å²) in [6, 6.07) is 0. The predicted octanol–water partition coefficient (Wildman–Crippen LogP) is 1.40. The minimum absolute atomic E-state index is 0.0105. The molecule has 0 radical (unpaired) electrons. The van der Waals surface area contributed by atoms with Gasteiger partial charge in [0.1, 0.15) is 0 Å². The summed E-state index contributed by atoms with van der Waals surface area (Å²) >= 11 is 0. The van der Waals surface area contributed by atoms with E-state index >= 15 is 0 Å². The maximum absolute atomic E-state index is 9.06. The van der Waals surface area contributed by atoms with Crippen LogP contribution in [0.15, 0.2) is 0 Å². The molecule has 0 atom stereocenters. The Kier molecular flexibility index (Phi) is 3.37. The molecule has 0 fully saturated rings. The third kappa shape index (κ3) is 2.04. The van der Waals surface area contributed by atoms with Crippen LogP contribution >= 0.6 is 0 Å². The van der Waals surface area contributed by atoms with Crippen molar-refractivity contribution in [1.29, 1.82) is 0 Å². The van der Waals surface area contributed by atoms with E-state index in [2.05, 4.69) is 9.97 Å². The maximum atomic E-state index is 9.06. The van der Waals surface area contributed by atoms with Crippen molar-refractivity contribution in [2.24, 2.45) is 0 Å². The van der Waals surface area contributed by atoms with Crippen LogP contribution in [0.25, 0.3) is 0 Å². The minimum atomic E-state index is -0.0105. The standard InChI is InChI=1S/C10H16N2O/c1-4-8-7(3)11-9(5-2)10(6-13)12-8/h13H,4-6H2,1-3H3. The predicted molar refractivity (Wildman–Crippen MR) is 51.4 cm³/mol. The van der Waals surface area contributed by atoms with Gasteiger partial charge in [0, 0.05) is 0 Å². The number of aliphatic hydroxyl groups excluding tert-OH is 1. The molecule has 1 aromatic rings. The van der Waals surface area contributed by atoms with E-state index in [9.17, 15) is 0 Å². The smallest absolute Gasteiger partial charge is 0.0876 e. The molecule has 72 valence electrons. The molecule has 0 amide bonds. The maximum Gasteiger partial charge on any atom is 0.0876 e. The first-order chi connectivity index (χ1) is 6.22. The Bertz CT molecular complexity index is 297. The second kappa shape index (κ2) is 4.33. The van der Waals surface area contributed by atoms with E-state index in [-0.39, 0.29) is 6.61 Å². The highest BCUT2D eigenvalue weighted by atomic mass is 16.3. The van der Waals surface area contributed by atoms with Gasteiger partial charge in [0.15, 0.2) is 0 Å². The Balaban J connectivity index is 3.18. The van der Waals surface area contributed by atoms with Gasteiger partial charge >= 0.3 is 0 Å². The van der Waals surface area contributed by atoms with E-state index in [1.807, 2.05) is 20.8 Å². The second-order valence-corrected chi connectivity index (χ2v) is 3.01. The molecule has 0 aromatic carbocycles. The Labute approximate surface area is 78.9 Å². The van der Waals surface area contributed by atoms with Crippen molar-refractivity contribution in [2.45, 2.75) is 40.2 Å². The van der Waals surface area contributed by atoms with Gasteiger partial charge < -0.3 is 5.11 Å². The first-order valence-corrected chi connectivity index (χ1v) is 4.69. The molecule has 0 aliphatic heterocycles. The molecule has 0 bridgehead atoms. The van der Waals surface area contributed by atoms with Crippen LogP contribution in [0.3, 0.4) is 0 Å². The number of aliphatic hydroxyl groups is 1. The van der Waals surface area contributed by atoms with Crippen molar-refractivity contribution in [3.05, 3.63) is 22.8 Å². The van der Waals surface area contributed by atoms with Crippen LogP contribution in [0.4, 0.5) is 0 Å². The molecule has 1 N–H and O–H groups in total. The lowest BCUT2D eigenvalue weighted by atomic mass is 10.2. The molecule has 0 spiro atoms. The first kappa shape index (κ1) is 10.1. The molecule has 0 saturated carbocycles. The fourth-order valence-electron chi connectivity index (χ4n) is 1.38. The number of hydrogen-bond donors (Lipinski definition) is 1. The summed E-state index contributed by atoms with van der Waals surface area (Å²) in [4.78, 5) is 8.78. The fourth-order valence-corrected chi connectivity index (χ4v) is 1.38. The number of aromatic nitrogens is 2. The van der Waals surface area contributed by atoms with Gasteiger partial charge in [0.2, 0.25) is 0 Å². The average molecular weight is 180 g/mol. The summed E-state index contributed by atoms with van der Waals surface area (Å²) in [6.07, 6.45) is 1.70. The molecule has 0 aliphatic rings. The highest BCUT2D eigenvalue weighted by Crippen LogP contribution is 2.09. The molecule has 1 rings (SSSR count). The summed E-state index contributed by atoms with van der Waals surface area (Å²) in [5.41, 5.74) is 3.61. The number of hydrogen-bond acceptors (Lipinski definition) is 3. The lowest BCUT2D eigenvalue weighted by molar-refractivity contribution is 0.274. The van der Waals surface area contributed by atoms with Gasteiger partial charge in [-0.2, -0.15) is 0 Å². The summed E-state index contributed by atoms with van der Waals surface area (Å²) in [6.45, 7) is 6.02. The number of rotatable bonds is 3. The van der Waals surface area contributed by atoms with E-state index in [1.165, 1.54) is 0 Å². The minimum Gasteiger partial charge on any atom is -0.390 e. The summed E-state index contributed by atoms with van der Waals surface area (Å²) in [7, 11) is 0. The lowest BCUT2D eigenvalue weighted by Crippen LogP contribution is -2.06. The van der Waals surface area contributed by atoms with Crippen molar-refractivity contribution in [1.82, 2.24) is 9.97 Å². The molecule has 0 saturated heterocycles. The Morgan fingerprint density at radius 2 is 1.62 bits per heavy atom. The van der Waals surface area contributed by atoms with Gasteiger partial charge in [-0.15, -0.1) is 0 Å². The van der Waals surface area contributed by atoms with E-state index in [0.29, 0.717) is 0 Å². The Morgan fingerprint density at radius 1 is 1.00 bits per heavy atom. The van der Waals surface area contributed by atoms with Crippen LogP contribution in [-0.2, 0) is 19.4 Å². The average Bonchev–Trinajstić information content (AvgIpc) is 2.17. The van der Waals surface area contributed by atoms with Crippen LogP contribution in [0.1, 0.15) is 36.6 Å². The van der Waals surface area contributed by atoms with Gasteiger partial charge in [0.25, 0.3) is 0 Å². The number of nitrogens with zero attached hydrogens (tertiary/aromatic N) is 2. The van der Waals surface area contributed by atoms with Crippen molar-refractivity contribution >= 4 is 0 Å².